The van der Waals surface area contributed by atoms with Crippen molar-refractivity contribution in [2.24, 2.45) is 5.92 Å². The Morgan fingerprint density at radius 2 is 1.88 bits per heavy atom. The summed E-state index contributed by atoms with van der Waals surface area (Å²) in [5.74, 6) is 0.743. The Bertz CT molecular complexity index is 1070. The molecule has 1 saturated heterocycles. The Labute approximate surface area is 196 Å². The monoisotopic (exact) mass is 474 g/mol. The van der Waals surface area contributed by atoms with Crippen molar-refractivity contribution in [3.8, 4) is 5.75 Å². The van der Waals surface area contributed by atoms with Crippen LogP contribution in [-0.2, 0) is 0 Å². The van der Waals surface area contributed by atoms with E-state index in [-0.39, 0.29) is 23.5 Å². The lowest BCUT2D eigenvalue weighted by Crippen LogP contribution is -2.37. The Balaban J connectivity index is 1.73. The summed E-state index contributed by atoms with van der Waals surface area (Å²) in [7, 11) is 0. The minimum atomic E-state index is -2.86. The van der Waals surface area contributed by atoms with Crippen LogP contribution in [0.4, 0.5) is 13.8 Å². The van der Waals surface area contributed by atoms with Crippen LogP contribution < -0.4 is 10.1 Å². The molecule has 3 aromatic rings. The lowest BCUT2D eigenvalue weighted by atomic mass is 9.91. The third-order valence-corrected chi connectivity index (χ3v) is 7.42. The van der Waals surface area contributed by atoms with Crippen LogP contribution in [0.5, 0.6) is 5.75 Å². The number of ether oxygens (including phenoxy) is 1. The Morgan fingerprint density at radius 3 is 2.48 bits per heavy atom. The number of nitrogens with one attached hydrogen (secondary N) is 1. The van der Waals surface area contributed by atoms with Crippen molar-refractivity contribution in [1.82, 2.24) is 4.90 Å². The number of anilines is 1. The SMILES string of the molecule is Cc1sc(NC(=O)c2ccco2)c([C@@H](c2ccc(OC(F)F)cc2)N2CCC(C)CC2)c1C. The number of furan rings is 1. The first-order chi connectivity index (χ1) is 15.8. The van der Waals surface area contributed by atoms with E-state index in [1.54, 1.807) is 35.6 Å². The van der Waals surface area contributed by atoms with E-state index in [0.717, 1.165) is 52.5 Å². The van der Waals surface area contributed by atoms with Gasteiger partial charge in [-0.05, 0) is 81.1 Å². The van der Waals surface area contributed by atoms with E-state index in [9.17, 15) is 13.6 Å². The van der Waals surface area contributed by atoms with Gasteiger partial charge in [-0.15, -0.1) is 11.3 Å². The smallest absolute Gasteiger partial charge is 0.387 e. The molecule has 3 heterocycles. The molecule has 0 radical (unpaired) electrons. The summed E-state index contributed by atoms with van der Waals surface area (Å²) in [5, 5.41) is 3.83. The van der Waals surface area contributed by atoms with Crippen molar-refractivity contribution in [2.75, 3.05) is 18.4 Å². The first-order valence-electron chi connectivity index (χ1n) is 11.1. The predicted molar refractivity (Wildman–Crippen MR) is 125 cm³/mol. The van der Waals surface area contributed by atoms with E-state index < -0.39 is 6.61 Å². The molecule has 1 atom stereocenters. The van der Waals surface area contributed by atoms with E-state index in [1.165, 1.54) is 6.26 Å². The predicted octanol–water partition coefficient (Wildman–Crippen LogP) is 6.63. The van der Waals surface area contributed by atoms with E-state index in [4.69, 9.17) is 4.42 Å². The highest BCUT2D eigenvalue weighted by Crippen LogP contribution is 2.43. The summed E-state index contributed by atoms with van der Waals surface area (Å²) in [5.41, 5.74) is 3.13. The van der Waals surface area contributed by atoms with E-state index in [2.05, 4.69) is 28.8 Å². The van der Waals surface area contributed by atoms with Crippen LogP contribution in [0.2, 0.25) is 0 Å². The van der Waals surface area contributed by atoms with Gasteiger partial charge < -0.3 is 14.5 Å². The molecule has 5 nitrogen and oxygen atoms in total. The highest BCUT2D eigenvalue weighted by molar-refractivity contribution is 7.16. The molecule has 0 bridgehead atoms. The molecule has 2 aromatic heterocycles. The summed E-state index contributed by atoms with van der Waals surface area (Å²) < 4.78 is 35.1. The average molecular weight is 475 g/mol. The fraction of sp³-hybridized carbons (Fsp3) is 0.400. The van der Waals surface area contributed by atoms with Gasteiger partial charge in [-0.1, -0.05) is 19.1 Å². The van der Waals surface area contributed by atoms with Gasteiger partial charge in [0.2, 0.25) is 0 Å². The lowest BCUT2D eigenvalue weighted by Gasteiger charge is -2.37. The molecule has 1 fully saturated rings. The summed E-state index contributed by atoms with van der Waals surface area (Å²) >= 11 is 1.54. The third kappa shape index (κ3) is 5.28. The maximum absolute atomic E-state index is 12.8. The fourth-order valence-electron chi connectivity index (χ4n) is 4.32. The van der Waals surface area contributed by atoms with E-state index in [0.29, 0.717) is 5.92 Å². The highest BCUT2D eigenvalue weighted by Gasteiger charge is 2.31. The van der Waals surface area contributed by atoms with Gasteiger partial charge in [0.1, 0.15) is 10.8 Å². The highest BCUT2D eigenvalue weighted by atomic mass is 32.1. The van der Waals surface area contributed by atoms with Crippen LogP contribution in [-0.4, -0.2) is 30.5 Å². The second-order valence-corrected chi connectivity index (χ2v) is 9.75. The minimum Gasteiger partial charge on any atom is -0.459 e. The van der Waals surface area contributed by atoms with Crippen molar-refractivity contribution in [2.45, 2.75) is 46.3 Å². The number of aryl methyl sites for hydroxylation is 1. The molecule has 1 aromatic carbocycles. The van der Waals surface area contributed by atoms with Crippen molar-refractivity contribution < 1.29 is 22.7 Å². The summed E-state index contributed by atoms with van der Waals surface area (Å²) in [4.78, 5) is 16.3. The van der Waals surface area contributed by atoms with Gasteiger partial charge in [0.05, 0.1) is 12.3 Å². The van der Waals surface area contributed by atoms with Gasteiger partial charge in [0.15, 0.2) is 5.76 Å². The zero-order chi connectivity index (χ0) is 23.5. The van der Waals surface area contributed by atoms with Gasteiger partial charge in [-0.3, -0.25) is 9.69 Å². The molecular weight excluding hydrogens is 446 g/mol. The number of hydrogen-bond acceptors (Lipinski definition) is 5. The number of hydrogen-bond donors (Lipinski definition) is 1. The second kappa shape index (κ2) is 10.1. The van der Waals surface area contributed by atoms with Gasteiger partial charge in [-0.2, -0.15) is 8.78 Å². The van der Waals surface area contributed by atoms with Crippen molar-refractivity contribution in [1.29, 1.82) is 0 Å². The number of likely N-dealkylation sites (tertiary alicyclic amines) is 1. The zero-order valence-corrected chi connectivity index (χ0v) is 19.8. The molecule has 1 aliphatic heterocycles. The molecular formula is C25H28F2N2O3S. The normalized spacial score (nSPS) is 16.2. The van der Waals surface area contributed by atoms with E-state index in [1.807, 2.05) is 19.1 Å². The second-order valence-electron chi connectivity index (χ2n) is 8.53. The quantitative estimate of drug-likeness (QED) is 0.417. The van der Waals surface area contributed by atoms with Gasteiger partial charge in [0, 0.05) is 10.4 Å². The average Bonchev–Trinajstić information content (AvgIpc) is 3.41. The molecule has 0 unspecified atom stereocenters. The van der Waals surface area contributed by atoms with Gasteiger partial charge in [-0.25, -0.2) is 0 Å². The third-order valence-electron chi connectivity index (χ3n) is 6.28. The number of benzene rings is 1. The number of piperidine rings is 1. The van der Waals surface area contributed by atoms with Crippen molar-refractivity contribution in [3.63, 3.8) is 0 Å². The van der Waals surface area contributed by atoms with E-state index >= 15 is 0 Å². The maximum Gasteiger partial charge on any atom is 0.387 e. The van der Waals surface area contributed by atoms with Gasteiger partial charge in [0.25, 0.3) is 5.91 Å². The first-order valence-corrected chi connectivity index (χ1v) is 11.9. The Hall–Kier alpha value is -2.71. The van der Waals surface area contributed by atoms with Crippen LogP contribution >= 0.6 is 11.3 Å². The van der Waals surface area contributed by atoms with Crippen molar-refractivity contribution in [3.05, 3.63) is 70.0 Å². The van der Waals surface area contributed by atoms with Crippen molar-refractivity contribution >= 4 is 22.2 Å². The van der Waals surface area contributed by atoms with Crippen LogP contribution in [0, 0.1) is 19.8 Å². The van der Waals surface area contributed by atoms with Crippen LogP contribution in [0.3, 0.4) is 0 Å². The van der Waals surface area contributed by atoms with Crippen LogP contribution in [0.25, 0.3) is 0 Å². The summed E-state index contributed by atoms with van der Waals surface area (Å²) in [6.07, 6.45) is 3.64. The van der Waals surface area contributed by atoms with Crippen LogP contribution in [0.1, 0.15) is 57.9 Å². The number of alkyl halides is 2. The number of carbonyl (C=O) groups excluding carboxylic acids is 1. The summed E-state index contributed by atoms with van der Waals surface area (Å²) in [6, 6.07) is 10.0. The molecule has 0 spiro atoms. The molecule has 0 aliphatic carbocycles. The zero-order valence-electron chi connectivity index (χ0n) is 18.9. The first kappa shape index (κ1) is 23.4. The number of rotatable bonds is 7. The topological polar surface area (TPSA) is 54.7 Å². The molecule has 8 heteroatoms. The summed E-state index contributed by atoms with van der Waals surface area (Å²) in [6.45, 7) is 5.35. The molecule has 176 valence electrons. The minimum absolute atomic E-state index is 0.116. The number of amides is 1. The van der Waals surface area contributed by atoms with Crippen LogP contribution in [0.15, 0.2) is 47.1 Å². The largest absolute Gasteiger partial charge is 0.459 e. The molecule has 1 aliphatic rings. The maximum atomic E-state index is 12.8. The molecule has 0 saturated carbocycles. The standard InChI is InChI=1S/C25H28F2N2O3S/c1-15-10-12-29(13-11-15)22(18-6-8-19(9-7-18)32-25(26)27)21-16(2)17(3)33-24(21)28-23(30)20-5-4-14-31-20/h4-9,14-15,22,25H,10-13H2,1-3H3,(H,28,30)/t22-/m1/s1. The fourth-order valence-corrected chi connectivity index (χ4v) is 5.41. The molecule has 4 rings (SSSR count). The molecule has 1 N–H and O–H groups in total. The van der Waals surface area contributed by atoms with Gasteiger partial charge >= 0.3 is 6.61 Å². The molecule has 1 amide bonds. The number of thiophene rings is 1. The number of carbonyl (C=O) groups is 1. The lowest BCUT2D eigenvalue weighted by molar-refractivity contribution is -0.0498. The Morgan fingerprint density at radius 1 is 1.18 bits per heavy atom. The molecule has 33 heavy (non-hydrogen) atoms. The number of halogens is 2. The number of nitrogens with zero attached hydrogens (tertiary/aromatic N) is 1. The Kier molecular flexibility index (Phi) is 7.14.